The number of anilines is 2. The molecule has 0 aliphatic heterocycles. The van der Waals surface area contributed by atoms with Crippen LogP contribution in [-0.2, 0) is 9.59 Å². The molecular weight excluding hydrogens is 352 g/mol. The number of halogens is 1. The van der Waals surface area contributed by atoms with Crippen LogP contribution < -0.4 is 15.0 Å². The first-order chi connectivity index (χ1) is 12.3. The molecule has 0 spiro atoms. The summed E-state index contributed by atoms with van der Waals surface area (Å²) in [6, 6.07) is 12.3. The van der Waals surface area contributed by atoms with Crippen LogP contribution in [0.2, 0.25) is 5.02 Å². The van der Waals surface area contributed by atoms with Crippen LogP contribution in [0.3, 0.4) is 0 Å². The first-order valence-electron chi connectivity index (χ1n) is 8.37. The number of ether oxygens (including phenoxy) is 1. The molecular formula is C20H23ClN2O3. The van der Waals surface area contributed by atoms with E-state index in [0.717, 1.165) is 5.56 Å². The molecule has 5 nitrogen and oxygen atoms in total. The van der Waals surface area contributed by atoms with Crippen LogP contribution in [0.15, 0.2) is 42.5 Å². The van der Waals surface area contributed by atoms with Crippen molar-refractivity contribution in [2.75, 3.05) is 16.8 Å². The lowest BCUT2D eigenvalue weighted by Gasteiger charge is -2.21. The van der Waals surface area contributed by atoms with Crippen molar-refractivity contribution in [1.29, 1.82) is 0 Å². The highest BCUT2D eigenvalue weighted by Gasteiger charge is 2.16. The summed E-state index contributed by atoms with van der Waals surface area (Å²) < 4.78 is 5.60. The number of hydrogen-bond donors (Lipinski definition) is 1. The van der Waals surface area contributed by atoms with Crippen LogP contribution in [0.25, 0.3) is 0 Å². The molecule has 0 heterocycles. The molecule has 0 atom stereocenters. The fourth-order valence-electron chi connectivity index (χ4n) is 2.46. The predicted octanol–water partition coefficient (Wildman–Crippen LogP) is 4.43. The van der Waals surface area contributed by atoms with Gasteiger partial charge in [-0.1, -0.05) is 11.6 Å². The molecule has 26 heavy (non-hydrogen) atoms. The van der Waals surface area contributed by atoms with Gasteiger partial charge in [-0.15, -0.1) is 0 Å². The molecule has 0 saturated carbocycles. The van der Waals surface area contributed by atoms with Gasteiger partial charge in [0.2, 0.25) is 11.8 Å². The fourth-order valence-corrected chi connectivity index (χ4v) is 2.69. The largest absolute Gasteiger partial charge is 0.491 e. The van der Waals surface area contributed by atoms with E-state index in [0.29, 0.717) is 22.1 Å². The molecule has 0 aliphatic rings. The van der Waals surface area contributed by atoms with Crippen molar-refractivity contribution >= 4 is 34.8 Å². The van der Waals surface area contributed by atoms with Crippen molar-refractivity contribution in [2.24, 2.45) is 0 Å². The molecule has 6 heteroatoms. The molecule has 0 bridgehead atoms. The Balaban J connectivity index is 2.09. The Kier molecular flexibility index (Phi) is 6.64. The van der Waals surface area contributed by atoms with Gasteiger partial charge < -0.3 is 15.0 Å². The van der Waals surface area contributed by atoms with E-state index in [1.807, 2.05) is 20.8 Å². The van der Waals surface area contributed by atoms with E-state index < -0.39 is 0 Å². The van der Waals surface area contributed by atoms with E-state index in [1.54, 1.807) is 42.5 Å². The quantitative estimate of drug-likeness (QED) is 0.813. The molecule has 138 valence electrons. The number of nitrogens with zero attached hydrogens (tertiary/aromatic N) is 1. The van der Waals surface area contributed by atoms with Crippen molar-refractivity contribution in [3.63, 3.8) is 0 Å². The number of amides is 2. The van der Waals surface area contributed by atoms with Crippen molar-refractivity contribution in [3.05, 3.63) is 53.1 Å². The summed E-state index contributed by atoms with van der Waals surface area (Å²) in [5.74, 6) is 0.215. The van der Waals surface area contributed by atoms with Crippen LogP contribution in [0, 0.1) is 6.92 Å². The lowest BCUT2D eigenvalue weighted by atomic mass is 10.2. The van der Waals surface area contributed by atoms with Gasteiger partial charge in [0.15, 0.2) is 0 Å². The Morgan fingerprint density at radius 1 is 1.15 bits per heavy atom. The summed E-state index contributed by atoms with van der Waals surface area (Å²) in [7, 11) is 0. The van der Waals surface area contributed by atoms with Gasteiger partial charge in [-0.2, -0.15) is 0 Å². The second kappa shape index (κ2) is 8.72. The molecule has 0 radical (unpaired) electrons. The van der Waals surface area contributed by atoms with E-state index >= 15 is 0 Å². The number of rotatable bonds is 6. The summed E-state index contributed by atoms with van der Waals surface area (Å²) >= 11 is 5.93. The number of aryl methyl sites for hydroxylation is 1. The highest BCUT2D eigenvalue weighted by atomic mass is 35.5. The van der Waals surface area contributed by atoms with Crippen LogP contribution in [0.4, 0.5) is 11.4 Å². The molecule has 0 saturated heterocycles. The van der Waals surface area contributed by atoms with Crippen molar-refractivity contribution in [1.82, 2.24) is 0 Å². The van der Waals surface area contributed by atoms with E-state index in [-0.39, 0.29) is 24.5 Å². The van der Waals surface area contributed by atoms with Crippen LogP contribution in [0.5, 0.6) is 5.75 Å². The molecule has 0 fully saturated rings. The maximum atomic E-state index is 12.4. The Morgan fingerprint density at radius 2 is 1.81 bits per heavy atom. The van der Waals surface area contributed by atoms with Crippen LogP contribution in [0.1, 0.15) is 26.3 Å². The van der Waals surface area contributed by atoms with E-state index in [1.165, 1.54) is 11.8 Å². The van der Waals surface area contributed by atoms with Gasteiger partial charge in [-0.05, 0) is 68.8 Å². The zero-order valence-electron chi connectivity index (χ0n) is 15.4. The zero-order chi connectivity index (χ0) is 19.3. The number of hydrogen-bond acceptors (Lipinski definition) is 3. The number of carbonyl (C=O) groups excluding carboxylic acids is 2. The molecule has 0 aliphatic carbocycles. The summed E-state index contributed by atoms with van der Waals surface area (Å²) in [4.78, 5) is 25.8. The van der Waals surface area contributed by atoms with Gasteiger partial charge in [0.05, 0.1) is 6.10 Å². The smallest absolute Gasteiger partial charge is 0.244 e. The second-order valence-electron chi connectivity index (χ2n) is 6.27. The molecule has 0 unspecified atom stereocenters. The van der Waals surface area contributed by atoms with Gasteiger partial charge in [0.25, 0.3) is 0 Å². The minimum atomic E-state index is -0.284. The maximum Gasteiger partial charge on any atom is 0.244 e. The van der Waals surface area contributed by atoms with Crippen molar-refractivity contribution in [3.8, 4) is 5.75 Å². The Hall–Kier alpha value is -2.53. The van der Waals surface area contributed by atoms with Gasteiger partial charge in [0, 0.05) is 23.3 Å². The monoisotopic (exact) mass is 374 g/mol. The predicted molar refractivity (Wildman–Crippen MR) is 105 cm³/mol. The minimum absolute atomic E-state index is 0.0677. The third-order valence-corrected chi connectivity index (χ3v) is 3.90. The second-order valence-corrected chi connectivity index (χ2v) is 6.71. The normalized spacial score (nSPS) is 10.5. The first kappa shape index (κ1) is 19.8. The summed E-state index contributed by atoms with van der Waals surface area (Å²) in [6.07, 6.45) is 0.0677. The highest BCUT2D eigenvalue weighted by molar-refractivity contribution is 6.30. The molecule has 2 aromatic rings. The van der Waals surface area contributed by atoms with Gasteiger partial charge in [-0.3, -0.25) is 9.59 Å². The summed E-state index contributed by atoms with van der Waals surface area (Å²) in [5, 5.41) is 3.42. The molecule has 2 aromatic carbocycles. The Morgan fingerprint density at radius 3 is 2.35 bits per heavy atom. The zero-order valence-corrected chi connectivity index (χ0v) is 16.1. The summed E-state index contributed by atoms with van der Waals surface area (Å²) in [6.45, 7) is 7.09. The van der Waals surface area contributed by atoms with E-state index in [4.69, 9.17) is 16.3 Å². The van der Waals surface area contributed by atoms with Crippen molar-refractivity contribution in [2.45, 2.75) is 33.8 Å². The standard InChI is InChI=1S/C20H23ClN2O3/c1-13(2)26-18-8-6-17(7-9-18)23(15(4)24)12-20(25)22-19-10-5-16(21)11-14(19)3/h5-11,13H,12H2,1-4H3,(H,22,25). The number of nitrogens with one attached hydrogen (secondary N) is 1. The van der Waals surface area contributed by atoms with Gasteiger partial charge in [0.1, 0.15) is 12.3 Å². The fraction of sp³-hybridized carbons (Fsp3) is 0.300. The van der Waals surface area contributed by atoms with E-state index in [2.05, 4.69) is 5.32 Å². The molecule has 1 N–H and O–H groups in total. The molecule has 0 aromatic heterocycles. The Labute approximate surface area is 158 Å². The SMILES string of the molecule is CC(=O)N(CC(=O)Nc1ccc(Cl)cc1C)c1ccc(OC(C)C)cc1. The van der Waals surface area contributed by atoms with Crippen LogP contribution >= 0.6 is 11.6 Å². The van der Waals surface area contributed by atoms with Crippen molar-refractivity contribution < 1.29 is 14.3 Å². The minimum Gasteiger partial charge on any atom is -0.491 e. The lowest BCUT2D eigenvalue weighted by Crippen LogP contribution is -2.36. The molecule has 2 rings (SSSR count). The van der Waals surface area contributed by atoms with E-state index in [9.17, 15) is 9.59 Å². The summed E-state index contributed by atoms with van der Waals surface area (Å²) in [5.41, 5.74) is 2.16. The van der Waals surface area contributed by atoms with Crippen LogP contribution in [-0.4, -0.2) is 24.5 Å². The average Bonchev–Trinajstić information content (AvgIpc) is 2.55. The average molecular weight is 375 g/mol. The lowest BCUT2D eigenvalue weighted by molar-refractivity contribution is -0.120. The molecule has 2 amide bonds. The Bertz CT molecular complexity index is 788. The third kappa shape index (κ3) is 5.49. The van der Waals surface area contributed by atoms with Gasteiger partial charge >= 0.3 is 0 Å². The van der Waals surface area contributed by atoms with Gasteiger partial charge in [-0.25, -0.2) is 0 Å². The highest BCUT2D eigenvalue weighted by Crippen LogP contribution is 2.22. The number of benzene rings is 2. The topological polar surface area (TPSA) is 58.6 Å². The third-order valence-electron chi connectivity index (χ3n) is 3.66. The number of carbonyl (C=O) groups is 2. The first-order valence-corrected chi connectivity index (χ1v) is 8.75. The maximum absolute atomic E-state index is 12.4.